The lowest BCUT2D eigenvalue weighted by Gasteiger charge is -2.20. The van der Waals surface area contributed by atoms with Crippen molar-refractivity contribution >= 4 is 15.9 Å². The summed E-state index contributed by atoms with van der Waals surface area (Å²) in [6.07, 6.45) is 3.93. The molecule has 66 valence electrons. The maximum Gasteiger partial charge on any atom is 0.135 e. The van der Waals surface area contributed by atoms with Crippen LogP contribution in [-0.2, 0) is 4.74 Å². The summed E-state index contributed by atoms with van der Waals surface area (Å²) >= 11 is 3.39. The first kappa shape index (κ1) is 9.39. The van der Waals surface area contributed by atoms with Crippen molar-refractivity contribution in [2.24, 2.45) is 0 Å². The molecule has 1 aliphatic rings. The molecule has 0 radical (unpaired) electrons. The predicted octanol–water partition coefficient (Wildman–Crippen LogP) is 2.30. The van der Waals surface area contributed by atoms with Gasteiger partial charge in [0.2, 0.25) is 0 Å². The Kier molecular flexibility index (Phi) is 3.41. The normalized spacial score (nSPS) is 22.0. The van der Waals surface area contributed by atoms with Crippen LogP contribution in [0.3, 0.4) is 0 Å². The van der Waals surface area contributed by atoms with Crippen LogP contribution in [-0.4, -0.2) is 13.2 Å². The van der Waals surface area contributed by atoms with Gasteiger partial charge < -0.3 is 10.1 Å². The van der Waals surface area contributed by atoms with Gasteiger partial charge in [0.25, 0.3) is 0 Å². The van der Waals surface area contributed by atoms with Gasteiger partial charge in [0.1, 0.15) is 12.4 Å². The van der Waals surface area contributed by atoms with Gasteiger partial charge in [0.05, 0.1) is 5.70 Å². The molecule has 1 fully saturated rings. The molecule has 0 saturated carbocycles. The molecule has 0 aliphatic carbocycles. The van der Waals surface area contributed by atoms with E-state index < -0.39 is 0 Å². The van der Waals surface area contributed by atoms with Crippen LogP contribution in [0.2, 0.25) is 0 Å². The number of hydrogen-bond acceptors (Lipinski definition) is 2. The molecule has 0 atom stereocenters. The van der Waals surface area contributed by atoms with E-state index in [2.05, 4.69) is 27.8 Å². The van der Waals surface area contributed by atoms with E-state index in [0.717, 1.165) is 16.7 Å². The number of ether oxygens (including phenoxy) is 1. The van der Waals surface area contributed by atoms with Crippen molar-refractivity contribution in [2.45, 2.75) is 6.92 Å². The van der Waals surface area contributed by atoms with Gasteiger partial charge in [-0.1, -0.05) is 28.6 Å². The third kappa shape index (κ3) is 2.41. The first-order valence-corrected chi connectivity index (χ1v) is 4.63. The zero-order chi connectivity index (χ0) is 8.97. The molecule has 0 spiro atoms. The highest BCUT2D eigenvalue weighted by molar-refractivity contribution is 9.11. The summed E-state index contributed by atoms with van der Waals surface area (Å²) in [6.45, 7) is 7.29. The minimum atomic E-state index is 0.698. The molecule has 1 rings (SSSR count). The topological polar surface area (TPSA) is 21.3 Å². The highest BCUT2D eigenvalue weighted by atomic mass is 79.9. The molecule has 3 heteroatoms. The third-order valence-corrected chi connectivity index (χ3v) is 2.24. The lowest BCUT2D eigenvalue weighted by molar-refractivity contribution is 0.199. The lowest BCUT2D eigenvalue weighted by Crippen LogP contribution is -2.26. The van der Waals surface area contributed by atoms with E-state index in [-0.39, 0.29) is 0 Å². The Labute approximate surface area is 81.1 Å². The van der Waals surface area contributed by atoms with E-state index in [1.54, 1.807) is 0 Å². The Morgan fingerprint density at radius 1 is 1.75 bits per heavy atom. The van der Waals surface area contributed by atoms with Crippen molar-refractivity contribution in [2.75, 3.05) is 13.2 Å². The lowest BCUT2D eigenvalue weighted by atomic mass is 10.3. The quantitative estimate of drug-likeness (QED) is 0.746. The number of nitrogens with one attached hydrogen (secondary N) is 1. The second-order valence-corrected chi connectivity index (χ2v) is 3.35. The number of allylic oxidation sites excluding steroid dienone is 3. The molecule has 1 heterocycles. The fourth-order valence-electron chi connectivity index (χ4n) is 0.889. The molecule has 0 aromatic rings. The van der Waals surface area contributed by atoms with Gasteiger partial charge in [-0.15, -0.1) is 0 Å². The first-order chi connectivity index (χ1) is 5.74. The minimum Gasteiger partial charge on any atom is -0.490 e. The number of hydrogen-bond donors (Lipinski definition) is 1. The highest BCUT2D eigenvalue weighted by Crippen LogP contribution is 2.15. The van der Waals surface area contributed by atoms with Crippen molar-refractivity contribution in [3.63, 3.8) is 0 Å². The molecule has 1 saturated heterocycles. The molecule has 2 nitrogen and oxygen atoms in total. The van der Waals surface area contributed by atoms with Crippen LogP contribution in [0.15, 0.2) is 34.7 Å². The minimum absolute atomic E-state index is 0.698. The molecule has 0 amide bonds. The van der Waals surface area contributed by atoms with Crippen molar-refractivity contribution in [1.29, 1.82) is 0 Å². The van der Waals surface area contributed by atoms with Gasteiger partial charge in [-0.3, -0.25) is 0 Å². The summed E-state index contributed by atoms with van der Waals surface area (Å²) in [5.74, 6) is 0.708. The molecular formula is C9H12BrNO. The Bertz CT molecular complexity index is 243. The number of halogens is 1. The molecule has 0 bridgehead atoms. The van der Waals surface area contributed by atoms with E-state index in [1.807, 2.05) is 19.1 Å². The molecule has 1 aliphatic heterocycles. The molecule has 1 N–H and O–H groups in total. The van der Waals surface area contributed by atoms with E-state index in [9.17, 15) is 0 Å². The first-order valence-electron chi connectivity index (χ1n) is 3.83. The summed E-state index contributed by atoms with van der Waals surface area (Å²) in [5.41, 5.74) is 0.950. The van der Waals surface area contributed by atoms with Crippen LogP contribution in [0.1, 0.15) is 6.92 Å². The molecule has 0 aromatic carbocycles. The summed E-state index contributed by atoms with van der Waals surface area (Å²) in [6, 6.07) is 0. The summed E-state index contributed by atoms with van der Waals surface area (Å²) in [5, 5.41) is 3.20. The molecule has 12 heavy (non-hydrogen) atoms. The van der Waals surface area contributed by atoms with Crippen LogP contribution >= 0.6 is 15.9 Å². The fraction of sp³-hybridized carbons (Fsp3) is 0.333. The average molecular weight is 230 g/mol. The van der Waals surface area contributed by atoms with E-state index in [0.29, 0.717) is 12.4 Å². The van der Waals surface area contributed by atoms with E-state index in [4.69, 9.17) is 4.74 Å². The number of morpholine rings is 1. The van der Waals surface area contributed by atoms with Crippen LogP contribution in [0.4, 0.5) is 0 Å². The largest absolute Gasteiger partial charge is 0.490 e. The highest BCUT2D eigenvalue weighted by Gasteiger charge is 2.08. The Hall–Kier alpha value is -0.700. The van der Waals surface area contributed by atoms with E-state index in [1.165, 1.54) is 0 Å². The zero-order valence-electron chi connectivity index (χ0n) is 7.06. The monoisotopic (exact) mass is 229 g/mol. The van der Waals surface area contributed by atoms with Gasteiger partial charge in [0.15, 0.2) is 0 Å². The van der Waals surface area contributed by atoms with Crippen molar-refractivity contribution < 1.29 is 4.74 Å². The van der Waals surface area contributed by atoms with Gasteiger partial charge >= 0.3 is 0 Å². The smallest absolute Gasteiger partial charge is 0.135 e. The number of rotatable bonds is 1. The van der Waals surface area contributed by atoms with Crippen molar-refractivity contribution in [3.8, 4) is 0 Å². The van der Waals surface area contributed by atoms with Gasteiger partial charge in [-0.05, 0) is 13.0 Å². The van der Waals surface area contributed by atoms with Gasteiger partial charge in [-0.25, -0.2) is 0 Å². The average Bonchev–Trinajstić information content (AvgIpc) is 2.09. The standard InChI is InChI=1S/C9H12BrNO/c1-3-8(10)6-9-7(2)12-5-4-11-9/h3,6,11H,2,4-5H2,1H3/b8-3+,9-6+. The molecule has 0 unspecified atom stereocenters. The van der Waals surface area contributed by atoms with Gasteiger partial charge in [0, 0.05) is 11.0 Å². The van der Waals surface area contributed by atoms with Gasteiger partial charge in [-0.2, -0.15) is 0 Å². The van der Waals surface area contributed by atoms with Crippen molar-refractivity contribution in [3.05, 3.63) is 34.7 Å². The fourth-order valence-corrected chi connectivity index (χ4v) is 1.12. The summed E-state index contributed by atoms with van der Waals surface area (Å²) in [7, 11) is 0. The van der Waals surface area contributed by atoms with E-state index >= 15 is 0 Å². The van der Waals surface area contributed by atoms with Crippen LogP contribution < -0.4 is 5.32 Å². The van der Waals surface area contributed by atoms with Crippen molar-refractivity contribution in [1.82, 2.24) is 5.32 Å². The van der Waals surface area contributed by atoms with Crippen LogP contribution in [0.25, 0.3) is 0 Å². The second-order valence-electron chi connectivity index (χ2n) is 2.43. The zero-order valence-corrected chi connectivity index (χ0v) is 8.65. The maximum absolute atomic E-state index is 5.26. The molecule has 0 aromatic heterocycles. The SMILES string of the molecule is C=C1OCCN/C1=C/C(Br)=C\C. The Balaban J connectivity index is 2.71. The predicted molar refractivity (Wildman–Crippen MR) is 53.9 cm³/mol. The summed E-state index contributed by atoms with van der Waals surface area (Å²) in [4.78, 5) is 0. The Morgan fingerprint density at radius 2 is 2.50 bits per heavy atom. The van der Waals surface area contributed by atoms with Crippen LogP contribution in [0.5, 0.6) is 0 Å². The van der Waals surface area contributed by atoms with Crippen LogP contribution in [0, 0.1) is 0 Å². The Morgan fingerprint density at radius 3 is 3.08 bits per heavy atom. The maximum atomic E-state index is 5.26. The molecular weight excluding hydrogens is 218 g/mol. The summed E-state index contributed by atoms with van der Waals surface area (Å²) < 4.78 is 6.29. The third-order valence-electron chi connectivity index (χ3n) is 1.55. The second kappa shape index (κ2) is 4.36.